The number of hydrogen-bond acceptors (Lipinski definition) is 8. The van der Waals surface area contributed by atoms with E-state index >= 15 is 0 Å². The summed E-state index contributed by atoms with van der Waals surface area (Å²) in [5.74, 6) is 0. The summed E-state index contributed by atoms with van der Waals surface area (Å²) in [6, 6.07) is 14.0. The van der Waals surface area contributed by atoms with E-state index in [9.17, 15) is 23.9 Å². The molecule has 2 saturated heterocycles. The van der Waals surface area contributed by atoms with Gasteiger partial charge in [-0.1, -0.05) is 37.1 Å². The number of sulfonamides is 1. The summed E-state index contributed by atoms with van der Waals surface area (Å²) in [5, 5.41) is 30.3. The number of nitriles is 1. The first-order valence-corrected chi connectivity index (χ1v) is 16.5. The van der Waals surface area contributed by atoms with Crippen LogP contribution in [0.2, 0.25) is 0 Å². The first-order chi connectivity index (χ1) is 19.5. The normalized spacial score (nSPS) is 25.6. The number of piperidine rings is 2. The van der Waals surface area contributed by atoms with Gasteiger partial charge in [0.1, 0.15) is 0 Å². The van der Waals surface area contributed by atoms with Crippen LogP contribution in [0.4, 0.5) is 0 Å². The minimum absolute atomic E-state index is 0.0490. The Hall–Kier alpha value is -2.10. The van der Waals surface area contributed by atoms with Crippen molar-refractivity contribution in [3.8, 4) is 6.07 Å². The van der Waals surface area contributed by atoms with Gasteiger partial charge in [0.2, 0.25) is 10.0 Å². The Morgan fingerprint density at radius 1 is 0.878 bits per heavy atom. The predicted octanol–water partition coefficient (Wildman–Crippen LogP) is 3.18. The first-order valence-electron chi connectivity index (χ1n) is 15.0. The molecule has 0 aliphatic carbocycles. The van der Waals surface area contributed by atoms with Crippen molar-refractivity contribution in [1.82, 2.24) is 14.5 Å². The molecule has 4 rings (SSSR count). The van der Waals surface area contributed by atoms with Crippen LogP contribution >= 0.6 is 0 Å². The highest BCUT2D eigenvalue weighted by atomic mass is 32.2. The van der Waals surface area contributed by atoms with Crippen LogP contribution in [0.3, 0.4) is 0 Å². The van der Waals surface area contributed by atoms with E-state index in [4.69, 9.17) is 5.73 Å². The molecule has 6 atom stereocenters. The van der Waals surface area contributed by atoms with Crippen LogP contribution in [0.5, 0.6) is 0 Å². The van der Waals surface area contributed by atoms with Gasteiger partial charge in [-0.05, 0) is 65.5 Å². The number of nitrogens with one attached hydrogen (secondary N) is 1. The third-order valence-electron chi connectivity index (χ3n) is 8.67. The molecule has 0 spiro atoms. The zero-order valence-corrected chi connectivity index (χ0v) is 25.9. The summed E-state index contributed by atoms with van der Waals surface area (Å²) in [6.45, 7) is 10.3. The van der Waals surface area contributed by atoms with Crippen molar-refractivity contribution < 1.29 is 18.6 Å². The van der Waals surface area contributed by atoms with E-state index in [0.717, 1.165) is 19.4 Å². The number of nitrogens with zero attached hydrogens (tertiary/aromatic N) is 3. The molecule has 10 heteroatoms. The van der Waals surface area contributed by atoms with Crippen molar-refractivity contribution in [2.24, 2.45) is 5.73 Å². The summed E-state index contributed by atoms with van der Waals surface area (Å²) in [5.41, 5.74) is 5.84. The molecular weight excluding hydrogens is 538 g/mol. The van der Waals surface area contributed by atoms with E-state index < -0.39 is 16.1 Å². The average molecular weight is 588 g/mol. The van der Waals surface area contributed by atoms with Gasteiger partial charge in [0.05, 0.1) is 28.7 Å². The van der Waals surface area contributed by atoms with Crippen LogP contribution in [0.1, 0.15) is 71.8 Å². The lowest BCUT2D eigenvalue weighted by atomic mass is 9.97. The molecule has 0 amide bonds. The first kappa shape index (κ1) is 33.4. The zero-order chi connectivity index (χ0) is 30.2. The Kier molecular flexibility index (Phi) is 12.5. The van der Waals surface area contributed by atoms with Crippen molar-refractivity contribution in [2.45, 2.75) is 107 Å². The number of benzene rings is 2. The number of aliphatic hydroxyl groups is 2. The maximum atomic E-state index is 12.9. The second-order valence-electron chi connectivity index (χ2n) is 11.8. The van der Waals surface area contributed by atoms with Crippen molar-refractivity contribution >= 4 is 20.8 Å². The molecular formula is C31H49N5O4S. The molecule has 2 aliphatic rings. The molecule has 0 saturated carbocycles. The molecule has 2 aliphatic heterocycles. The van der Waals surface area contributed by atoms with E-state index in [1.54, 1.807) is 30.3 Å². The van der Waals surface area contributed by atoms with Gasteiger partial charge in [0.15, 0.2) is 0 Å². The van der Waals surface area contributed by atoms with Gasteiger partial charge < -0.3 is 15.9 Å². The monoisotopic (exact) mass is 587 g/mol. The van der Waals surface area contributed by atoms with Crippen LogP contribution in [0.25, 0.3) is 10.8 Å². The highest BCUT2D eigenvalue weighted by molar-refractivity contribution is 7.89. The molecule has 0 radical (unpaired) electrons. The van der Waals surface area contributed by atoms with Crippen LogP contribution in [0.15, 0.2) is 41.3 Å². The third kappa shape index (κ3) is 8.94. The number of aliphatic hydroxyl groups excluding tert-OH is 2. The summed E-state index contributed by atoms with van der Waals surface area (Å²) in [4.78, 5) is 4.75. The third-order valence-corrected chi connectivity index (χ3v) is 10.2. The highest BCUT2D eigenvalue weighted by Crippen LogP contribution is 2.26. The van der Waals surface area contributed by atoms with Gasteiger partial charge in [0, 0.05) is 61.1 Å². The van der Waals surface area contributed by atoms with Gasteiger partial charge in [-0.15, -0.1) is 0 Å². The summed E-state index contributed by atoms with van der Waals surface area (Å²) < 4.78 is 28.2. The van der Waals surface area contributed by atoms with Crippen molar-refractivity contribution in [1.29, 1.82) is 5.26 Å². The molecule has 2 aromatic carbocycles. The van der Waals surface area contributed by atoms with Gasteiger partial charge in [-0.25, -0.2) is 13.1 Å². The molecule has 5 N–H and O–H groups in total. The smallest absolute Gasteiger partial charge is 0.241 e. The fourth-order valence-electron chi connectivity index (χ4n) is 6.19. The van der Waals surface area contributed by atoms with Gasteiger partial charge in [-0.2, -0.15) is 5.26 Å². The fraction of sp³-hybridized carbons (Fsp3) is 0.645. The van der Waals surface area contributed by atoms with E-state index in [1.807, 2.05) is 0 Å². The molecule has 228 valence electrons. The minimum Gasteiger partial charge on any atom is -0.390 e. The number of likely N-dealkylation sites (tertiary alicyclic amines) is 2. The Morgan fingerprint density at radius 2 is 1.37 bits per heavy atom. The maximum absolute atomic E-state index is 12.9. The van der Waals surface area contributed by atoms with Crippen LogP contribution in [-0.2, 0) is 10.0 Å². The Morgan fingerprint density at radius 3 is 1.88 bits per heavy atom. The standard InChI is InChI=1S/C21H27N3O3S.C10H22N2O/c1-15-6-3-7-16(2)24(15)14-18(25)13-23-28(26,27)21-11-5-9-19-17(12-22)8-4-10-20(19)21;1-8-4-3-5-9(2)12(8)7-10(13)6-11/h4-5,8-11,15-16,18,23,25H,3,6-7,13-14H2,1-2H3;8-10,13H,3-7,11H2,1-2H3/t15-,16+,18-;8-,9+,10-/m00/s1. The second-order valence-corrected chi connectivity index (χ2v) is 13.6. The number of nitrogens with two attached hydrogens (primary N) is 1. The lowest BCUT2D eigenvalue weighted by Crippen LogP contribution is -2.49. The van der Waals surface area contributed by atoms with Crippen LogP contribution in [-0.4, -0.2) is 91.0 Å². The highest BCUT2D eigenvalue weighted by Gasteiger charge is 2.28. The number of fused-ring (bicyclic) bond motifs is 1. The largest absolute Gasteiger partial charge is 0.390 e. The molecule has 41 heavy (non-hydrogen) atoms. The Labute approximate surface area is 246 Å². The molecule has 2 aromatic rings. The summed E-state index contributed by atoms with van der Waals surface area (Å²) in [7, 11) is -3.81. The lowest BCUT2D eigenvalue weighted by molar-refractivity contribution is 0.0438. The van der Waals surface area contributed by atoms with Gasteiger partial charge in [-0.3, -0.25) is 9.80 Å². The summed E-state index contributed by atoms with van der Waals surface area (Å²) >= 11 is 0. The molecule has 0 bridgehead atoms. The lowest BCUT2D eigenvalue weighted by Gasteiger charge is -2.40. The van der Waals surface area contributed by atoms with Crippen LogP contribution in [0, 0.1) is 11.3 Å². The van der Waals surface area contributed by atoms with E-state index in [-0.39, 0.29) is 17.5 Å². The van der Waals surface area contributed by atoms with Crippen molar-refractivity contribution in [3.05, 3.63) is 42.0 Å². The molecule has 2 heterocycles. The molecule has 0 unspecified atom stereocenters. The minimum atomic E-state index is -3.81. The maximum Gasteiger partial charge on any atom is 0.241 e. The number of β-amino-alcohol motifs (C(OH)–C–C–N with tert-alkyl or cyclic N) is 2. The van der Waals surface area contributed by atoms with Gasteiger partial charge >= 0.3 is 0 Å². The van der Waals surface area contributed by atoms with Crippen molar-refractivity contribution in [3.63, 3.8) is 0 Å². The van der Waals surface area contributed by atoms with E-state index in [1.165, 1.54) is 31.7 Å². The molecule has 2 fully saturated rings. The number of rotatable bonds is 9. The van der Waals surface area contributed by atoms with Crippen LogP contribution < -0.4 is 10.5 Å². The topological polar surface area (TPSA) is 143 Å². The zero-order valence-electron chi connectivity index (χ0n) is 25.0. The quantitative estimate of drug-likeness (QED) is 0.350. The average Bonchev–Trinajstić information content (AvgIpc) is 2.95. The molecule has 0 aromatic heterocycles. The van der Waals surface area contributed by atoms with Gasteiger partial charge in [0.25, 0.3) is 0 Å². The fourth-order valence-corrected chi connectivity index (χ4v) is 7.48. The molecule has 9 nitrogen and oxygen atoms in total. The predicted molar refractivity (Wildman–Crippen MR) is 164 cm³/mol. The SMILES string of the molecule is C[C@@H]1CCC[C@H](C)N1C[C@@H](O)CN.C[C@@H]1CCC[C@H](C)N1C[C@@H](O)CNS(=O)(=O)c1cccc2c(C#N)cccc12. The summed E-state index contributed by atoms with van der Waals surface area (Å²) in [6.07, 6.45) is 6.05. The number of hydrogen-bond donors (Lipinski definition) is 4. The Bertz CT molecular complexity index is 1250. The van der Waals surface area contributed by atoms with Crippen molar-refractivity contribution in [2.75, 3.05) is 26.2 Å². The van der Waals surface area contributed by atoms with E-state index in [0.29, 0.717) is 53.6 Å². The second kappa shape index (κ2) is 15.4. The Balaban J connectivity index is 0.000000298. The van der Waals surface area contributed by atoms with E-state index in [2.05, 4.69) is 48.3 Å².